The predicted octanol–water partition coefficient (Wildman–Crippen LogP) is 4.56. The fraction of sp³-hybridized carbons (Fsp3) is 0.130. The van der Waals surface area contributed by atoms with E-state index in [1.807, 2.05) is 42.5 Å². The molecule has 1 N–H and O–H groups in total. The number of nitrogens with one attached hydrogen (secondary N) is 1. The van der Waals surface area contributed by atoms with E-state index < -0.39 is 5.97 Å². The first-order chi connectivity index (χ1) is 14.2. The number of ether oxygens (including phenoxy) is 1. The average Bonchev–Trinajstić information content (AvgIpc) is 3.28. The van der Waals surface area contributed by atoms with Crippen LogP contribution in [0.3, 0.4) is 0 Å². The quantitative estimate of drug-likeness (QED) is 0.416. The first-order valence-electron chi connectivity index (χ1n) is 9.12. The predicted molar refractivity (Wildman–Crippen MR) is 113 cm³/mol. The zero-order valence-electron chi connectivity index (χ0n) is 15.7. The average molecular weight is 407 g/mol. The highest BCUT2D eigenvalue weighted by Gasteiger charge is 2.13. The molecule has 3 aromatic rings. The summed E-state index contributed by atoms with van der Waals surface area (Å²) in [7, 11) is 0. The number of hydrogen-bond acceptors (Lipinski definition) is 5. The SMILES string of the molecule is O=C(CSc1ccccc1C(=O)OC/C=C/c1ccccc1)NCc1ccco1. The molecule has 0 saturated carbocycles. The van der Waals surface area contributed by atoms with Crippen molar-refractivity contribution in [3.05, 3.63) is 96.0 Å². The topological polar surface area (TPSA) is 68.5 Å². The number of hydrogen-bond donors (Lipinski definition) is 1. The number of carbonyl (C=O) groups excluding carboxylic acids is 2. The summed E-state index contributed by atoms with van der Waals surface area (Å²) in [5, 5.41) is 2.78. The van der Waals surface area contributed by atoms with Crippen LogP contribution in [0.2, 0.25) is 0 Å². The maximum atomic E-state index is 12.4. The van der Waals surface area contributed by atoms with Crippen LogP contribution in [-0.2, 0) is 16.1 Å². The largest absolute Gasteiger partial charge is 0.467 e. The summed E-state index contributed by atoms with van der Waals surface area (Å²) < 4.78 is 10.5. The van der Waals surface area contributed by atoms with Gasteiger partial charge in [-0.25, -0.2) is 4.79 Å². The van der Waals surface area contributed by atoms with Gasteiger partial charge in [-0.1, -0.05) is 48.5 Å². The van der Waals surface area contributed by atoms with Gasteiger partial charge in [0, 0.05) is 4.90 Å². The van der Waals surface area contributed by atoms with Crippen molar-refractivity contribution in [1.29, 1.82) is 0 Å². The second-order valence-electron chi connectivity index (χ2n) is 6.05. The van der Waals surface area contributed by atoms with Gasteiger partial charge in [-0.2, -0.15) is 0 Å². The highest BCUT2D eigenvalue weighted by atomic mass is 32.2. The van der Waals surface area contributed by atoms with Crippen LogP contribution in [0.4, 0.5) is 0 Å². The van der Waals surface area contributed by atoms with Crippen molar-refractivity contribution in [2.45, 2.75) is 11.4 Å². The lowest BCUT2D eigenvalue weighted by Gasteiger charge is -2.08. The molecule has 0 spiro atoms. The first kappa shape index (κ1) is 20.5. The highest BCUT2D eigenvalue weighted by molar-refractivity contribution is 8.00. The van der Waals surface area contributed by atoms with Crippen LogP contribution in [0.5, 0.6) is 0 Å². The molecule has 0 unspecified atom stereocenters. The van der Waals surface area contributed by atoms with Crippen LogP contribution in [0.15, 0.2) is 88.4 Å². The molecular formula is C23H21NO4S. The van der Waals surface area contributed by atoms with E-state index in [-0.39, 0.29) is 18.3 Å². The number of furan rings is 1. The summed E-state index contributed by atoms with van der Waals surface area (Å²) >= 11 is 1.30. The molecule has 0 aliphatic carbocycles. The molecule has 0 bridgehead atoms. The fourth-order valence-corrected chi connectivity index (χ4v) is 3.37. The molecule has 148 valence electrons. The summed E-state index contributed by atoms with van der Waals surface area (Å²) in [4.78, 5) is 25.2. The van der Waals surface area contributed by atoms with Gasteiger partial charge in [0.2, 0.25) is 5.91 Å². The number of thioether (sulfide) groups is 1. The lowest BCUT2D eigenvalue weighted by molar-refractivity contribution is -0.118. The van der Waals surface area contributed by atoms with Gasteiger partial charge < -0.3 is 14.5 Å². The van der Waals surface area contributed by atoms with Crippen molar-refractivity contribution in [2.75, 3.05) is 12.4 Å². The lowest BCUT2D eigenvalue weighted by atomic mass is 10.2. The summed E-state index contributed by atoms with van der Waals surface area (Å²) in [6.07, 6.45) is 5.26. The minimum Gasteiger partial charge on any atom is -0.467 e. The smallest absolute Gasteiger partial charge is 0.339 e. The molecule has 0 aliphatic rings. The van der Waals surface area contributed by atoms with Crippen LogP contribution >= 0.6 is 11.8 Å². The number of carbonyl (C=O) groups is 2. The van der Waals surface area contributed by atoms with Gasteiger partial charge in [0.25, 0.3) is 0 Å². The molecule has 0 radical (unpaired) electrons. The van der Waals surface area contributed by atoms with Crippen molar-refractivity contribution in [3.8, 4) is 0 Å². The van der Waals surface area contributed by atoms with Crippen LogP contribution in [-0.4, -0.2) is 24.2 Å². The molecule has 0 atom stereocenters. The maximum absolute atomic E-state index is 12.4. The Hall–Kier alpha value is -3.25. The molecule has 1 heterocycles. The van der Waals surface area contributed by atoms with E-state index in [0.29, 0.717) is 22.8 Å². The van der Waals surface area contributed by atoms with Crippen molar-refractivity contribution >= 4 is 29.7 Å². The minimum atomic E-state index is -0.415. The summed E-state index contributed by atoms with van der Waals surface area (Å²) in [5.74, 6) is 0.330. The second-order valence-corrected chi connectivity index (χ2v) is 7.07. The number of rotatable bonds is 9. The molecule has 5 nitrogen and oxygen atoms in total. The monoisotopic (exact) mass is 407 g/mol. The van der Waals surface area contributed by atoms with E-state index in [9.17, 15) is 9.59 Å². The number of amides is 1. The highest BCUT2D eigenvalue weighted by Crippen LogP contribution is 2.23. The summed E-state index contributed by atoms with van der Waals surface area (Å²) in [6.45, 7) is 0.514. The van der Waals surface area contributed by atoms with Crippen LogP contribution in [0.1, 0.15) is 21.7 Å². The molecule has 0 aliphatic heterocycles. The van der Waals surface area contributed by atoms with Gasteiger partial charge in [0.1, 0.15) is 12.4 Å². The summed E-state index contributed by atoms with van der Waals surface area (Å²) in [6, 6.07) is 20.5. The molecule has 29 heavy (non-hydrogen) atoms. The lowest BCUT2D eigenvalue weighted by Crippen LogP contribution is -2.24. The Bertz CT molecular complexity index is 952. The molecular weight excluding hydrogens is 386 g/mol. The van der Waals surface area contributed by atoms with Gasteiger partial charge in [-0.05, 0) is 35.9 Å². The third-order valence-corrected chi connectivity index (χ3v) is 5.00. The van der Waals surface area contributed by atoms with Crippen LogP contribution < -0.4 is 5.32 Å². The van der Waals surface area contributed by atoms with E-state index in [4.69, 9.17) is 9.15 Å². The zero-order valence-corrected chi connectivity index (χ0v) is 16.6. The summed E-state index contributed by atoms with van der Waals surface area (Å²) in [5.41, 5.74) is 1.49. The van der Waals surface area contributed by atoms with Crippen molar-refractivity contribution in [3.63, 3.8) is 0 Å². The third kappa shape index (κ3) is 6.69. The molecule has 6 heteroatoms. The fourth-order valence-electron chi connectivity index (χ4n) is 2.50. The van der Waals surface area contributed by atoms with Crippen molar-refractivity contribution in [1.82, 2.24) is 5.32 Å². The Balaban J connectivity index is 1.49. The number of benzene rings is 2. The third-order valence-electron chi connectivity index (χ3n) is 3.93. The number of esters is 1. The molecule has 0 fully saturated rings. The molecule has 3 rings (SSSR count). The second kappa shape index (κ2) is 10.9. The first-order valence-corrected chi connectivity index (χ1v) is 10.1. The molecule has 1 amide bonds. The van der Waals surface area contributed by atoms with E-state index in [1.165, 1.54) is 11.8 Å². The van der Waals surface area contributed by atoms with E-state index >= 15 is 0 Å². The molecule has 0 saturated heterocycles. The standard InChI is InChI=1S/C23H21NO4S/c25-22(24-16-19-11-7-14-27-19)17-29-21-13-5-4-12-20(21)23(26)28-15-6-10-18-8-2-1-3-9-18/h1-14H,15-17H2,(H,24,25)/b10-6+. The van der Waals surface area contributed by atoms with E-state index in [2.05, 4.69) is 5.32 Å². The van der Waals surface area contributed by atoms with Gasteiger partial charge in [-0.3, -0.25) is 4.79 Å². The van der Waals surface area contributed by atoms with Crippen LogP contribution in [0, 0.1) is 0 Å². The Morgan fingerprint density at radius 3 is 2.59 bits per heavy atom. The van der Waals surface area contributed by atoms with Crippen LogP contribution in [0.25, 0.3) is 6.08 Å². The van der Waals surface area contributed by atoms with E-state index in [1.54, 1.807) is 42.7 Å². The van der Waals surface area contributed by atoms with Crippen molar-refractivity contribution < 1.29 is 18.7 Å². The van der Waals surface area contributed by atoms with Gasteiger partial charge in [0.15, 0.2) is 0 Å². The van der Waals surface area contributed by atoms with Gasteiger partial charge in [-0.15, -0.1) is 11.8 Å². The Morgan fingerprint density at radius 1 is 1.00 bits per heavy atom. The zero-order chi connectivity index (χ0) is 20.3. The molecule has 2 aromatic carbocycles. The van der Waals surface area contributed by atoms with Gasteiger partial charge >= 0.3 is 5.97 Å². The van der Waals surface area contributed by atoms with Gasteiger partial charge in [0.05, 0.1) is 24.1 Å². The Labute approximate surface area is 173 Å². The maximum Gasteiger partial charge on any atom is 0.339 e. The van der Waals surface area contributed by atoms with E-state index in [0.717, 1.165) is 5.56 Å². The Morgan fingerprint density at radius 2 is 1.79 bits per heavy atom. The van der Waals surface area contributed by atoms with Crippen molar-refractivity contribution in [2.24, 2.45) is 0 Å². The minimum absolute atomic E-state index is 0.139. The normalized spacial score (nSPS) is 10.8. The molecule has 1 aromatic heterocycles. The Kier molecular flexibility index (Phi) is 7.72.